The Morgan fingerprint density at radius 3 is 2.53 bits per heavy atom. The minimum atomic E-state index is -0.0426. The van der Waals surface area contributed by atoms with Crippen LogP contribution >= 0.6 is 23.2 Å². The molecule has 0 aliphatic heterocycles. The van der Waals surface area contributed by atoms with Gasteiger partial charge in [0.2, 0.25) is 0 Å². The Balaban J connectivity index is 2.09. The molecule has 2 nitrogen and oxygen atoms in total. The van der Waals surface area contributed by atoms with Crippen LogP contribution in [-0.4, -0.2) is 7.11 Å². The van der Waals surface area contributed by atoms with Gasteiger partial charge >= 0.3 is 0 Å². The molecule has 106 valence electrons. The average molecular weight is 302 g/mol. The third-order valence-electron chi connectivity index (χ3n) is 3.98. The van der Waals surface area contributed by atoms with E-state index in [2.05, 4.69) is 0 Å². The SMILES string of the molecule is COc1cc(Cl)c(C(N)CC2CCCCC2)cc1Cl. The second-order valence-corrected chi connectivity index (χ2v) is 6.17. The molecular formula is C15H21Cl2NO. The summed E-state index contributed by atoms with van der Waals surface area (Å²) in [6.07, 6.45) is 7.58. The molecule has 1 aliphatic rings. The largest absolute Gasteiger partial charge is 0.495 e. The normalized spacial score (nSPS) is 18.3. The molecule has 2 N–H and O–H groups in total. The Hall–Kier alpha value is -0.440. The summed E-state index contributed by atoms with van der Waals surface area (Å²) >= 11 is 12.4. The Labute approximate surface area is 125 Å². The highest BCUT2D eigenvalue weighted by molar-refractivity contribution is 6.34. The van der Waals surface area contributed by atoms with Crippen LogP contribution in [-0.2, 0) is 0 Å². The Bertz CT molecular complexity index is 430. The van der Waals surface area contributed by atoms with Gasteiger partial charge in [0.1, 0.15) is 5.75 Å². The molecule has 1 fully saturated rings. The van der Waals surface area contributed by atoms with Crippen LogP contribution in [0.15, 0.2) is 12.1 Å². The number of nitrogens with two attached hydrogens (primary N) is 1. The van der Waals surface area contributed by atoms with Crippen LogP contribution in [0.3, 0.4) is 0 Å². The first-order chi connectivity index (χ1) is 9.11. The summed E-state index contributed by atoms with van der Waals surface area (Å²) in [5.74, 6) is 1.32. The summed E-state index contributed by atoms with van der Waals surface area (Å²) in [5.41, 5.74) is 7.23. The van der Waals surface area contributed by atoms with Gasteiger partial charge in [-0.2, -0.15) is 0 Å². The van der Waals surface area contributed by atoms with Crippen LogP contribution in [0.1, 0.15) is 50.1 Å². The van der Waals surface area contributed by atoms with Crippen molar-refractivity contribution in [3.63, 3.8) is 0 Å². The lowest BCUT2D eigenvalue weighted by molar-refractivity contribution is 0.319. The first-order valence-corrected chi connectivity index (χ1v) is 7.66. The lowest BCUT2D eigenvalue weighted by atomic mass is 9.83. The molecule has 4 heteroatoms. The van der Waals surface area contributed by atoms with Crippen molar-refractivity contribution in [3.8, 4) is 5.75 Å². The predicted molar refractivity (Wildman–Crippen MR) is 81.1 cm³/mol. The molecule has 0 aromatic heterocycles. The maximum Gasteiger partial charge on any atom is 0.138 e. The van der Waals surface area contributed by atoms with Gasteiger partial charge in [-0.15, -0.1) is 0 Å². The van der Waals surface area contributed by atoms with E-state index in [1.54, 1.807) is 13.2 Å². The molecule has 0 amide bonds. The molecule has 2 rings (SSSR count). The van der Waals surface area contributed by atoms with Crippen LogP contribution in [0.4, 0.5) is 0 Å². The fraction of sp³-hybridized carbons (Fsp3) is 0.600. The van der Waals surface area contributed by atoms with Gasteiger partial charge in [0.05, 0.1) is 12.1 Å². The van der Waals surface area contributed by atoms with Gasteiger partial charge in [-0.05, 0) is 24.0 Å². The monoisotopic (exact) mass is 301 g/mol. The van der Waals surface area contributed by atoms with E-state index in [1.807, 2.05) is 6.07 Å². The summed E-state index contributed by atoms with van der Waals surface area (Å²) in [4.78, 5) is 0. The number of ether oxygens (including phenoxy) is 1. The summed E-state index contributed by atoms with van der Waals surface area (Å²) in [6.45, 7) is 0. The molecule has 0 spiro atoms. The van der Waals surface area contributed by atoms with Gasteiger partial charge in [-0.25, -0.2) is 0 Å². The topological polar surface area (TPSA) is 35.2 Å². The van der Waals surface area contributed by atoms with Crippen molar-refractivity contribution in [2.75, 3.05) is 7.11 Å². The number of hydrogen-bond donors (Lipinski definition) is 1. The van der Waals surface area contributed by atoms with Crippen LogP contribution in [0.25, 0.3) is 0 Å². The summed E-state index contributed by atoms with van der Waals surface area (Å²) in [5, 5.41) is 1.21. The molecular weight excluding hydrogens is 281 g/mol. The van der Waals surface area contributed by atoms with E-state index in [-0.39, 0.29) is 6.04 Å². The lowest BCUT2D eigenvalue weighted by Crippen LogP contribution is -2.17. The van der Waals surface area contributed by atoms with Gasteiger partial charge in [0, 0.05) is 17.1 Å². The quantitative estimate of drug-likeness (QED) is 0.852. The highest BCUT2D eigenvalue weighted by atomic mass is 35.5. The van der Waals surface area contributed by atoms with Gasteiger partial charge in [0.25, 0.3) is 0 Å². The van der Waals surface area contributed by atoms with E-state index in [1.165, 1.54) is 32.1 Å². The summed E-state index contributed by atoms with van der Waals surface area (Å²) in [6, 6.07) is 3.55. The zero-order valence-corrected chi connectivity index (χ0v) is 12.8. The zero-order valence-electron chi connectivity index (χ0n) is 11.3. The van der Waals surface area contributed by atoms with Gasteiger partial charge in [0.15, 0.2) is 0 Å². The van der Waals surface area contributed by atoms with Crippen LogP contribution in [0.5, 0.6) is 5.75 Å². The highest BCUT2D eigenvalue weighted by Gasteiger charge is 2.20. The van der Waals surface area contributed by atoms with Gasteiger partial charge < -0.3 is 10.5 Å². The number of halogens is 2. The average Bonchev–Trinajstić information content (AvgIpc) is 2.42. The summed E-state index contributed by atoms with van der Waals surface area (Å²) in [7, 11) is 1.58. The van der Waals surface area contributed by atoms with Gasteiger partial charge in [-0.1, -0.05) is 55.3 Å². The number of hydrogen-bond acceptors (Lipinski definition) is 2. The van der Waals surface area contributed by atoms with E-state index in [0.717, 1.165) is 17.9 Å². The van der Waals surface area contributed by atoms with E-state index in [9.17, 15) is 0 Å². The smallest absolute Gasteiger partial charge is 0.138 e. The Morgan fingerprint density at radius 1 is 1.21 bits per heavy atom. The van der Waals surface area contributed by atoms with Crippen molar-refractivity contribution in [2.45, 2.75) is 44.6 Å². The fourth-order valence-electron chi connectivity index (χ4n) is 2.89. The van der Waals surface area contributed by atoms with Gasteiger partial charge in [-0.3, -0.25) is 0 Å². The molecule has 1 aliphatic carbocycles. The van der Waals surface area contributed by atoms with Crippen molar-refractivity contribution < 1.29 is 4.74 Å². The molecule has 0 radical (unpaired) electrons. The van der Waals surface area contributed by atoms with Crippen LogP contribution in [0.2, 0.25) is 10.0 Å². The Morgan fingerprint density at radius 2 is 1.89 bits per heavy atom. The third-order valence-corrected chi connectivity index (χ3v) is 4.61. The fourth-order valence-corrected chi connectivity index (χ4v) is 3.44. The molecule has 1 unspecified atom stereocenters. The molecule has 1 saturated carbocycles. The van der Waals surface area contributed by atoms with E-state index in [4.69, 9.17) is 33.7 Å². The van der Waals surface area contributed by atoms with Crippen molar-refractivity contribution in [3.05, 3.63) is 27.7 Å². The maximum atomic E-state index is 6.30. The molecule has 0 heterocycles. The molecule has 1 aromatic rings. The molecule has 0 bridgehead atoms. The first-order valence-electron chi connectivity index (χ1n) is 6.90. The van der Waals surface area contributed by atoms with Crippen molar-refractivity contribution in [2.24, 2.45) is 11.7 Å². The molecule has 19 heavy (non-hydrogen) atoms. The number of methoxy groups -OCH3 is 1. The second kappa shape index (κ2) is 6.83. The lowest BCUT2D eigenvalue weighted by Gasteiger charge is -2.25. The van der Waals surface area contributed by atoms with Crippen LogP contribution in [0, 0.1) is 5.92 Å². The van der Waals surface area contributed by atoms with Crippen molar-refractivity contribution in [1.29, 1.82) is 0 Å². The second-order valence-electron chi connectivity index (χ2n) is 5.35. The van der Waals surface area contributed by atoms with Crippen molar-refractivity contribution >= 4 is 23.2 Å². The zero-order chi connectivity index (χ0) is 13.8. The van der Waals surface area contributed by atoms with E-state index in [0.29, 0.717) is 15.8 Å². The first kappa shape index (κ1) is 15.0. The Kier molecular flexibility index (Phi) is 5.37. The minimum absolute atomic E-state index is 0.0426. The van der Waals surface area contributed by atoms with E-state index < -0.39 is 0 Å². The molecule has 1 aromatic carbocycles. The third kappa shape index (κ3) is 3.77. The summed E-state index contributed by atoms with van der Waals surface area (Å²) < 4.78 is 5.15. The highest BCUT2D eigenvalue weighted by Crippen LogP contribution is 2.37. The van der Waals surface area contributed by atoms with E-state index >= 15 is 0 Å². The standard InChI is InChI=1S/C15H21Cl2NO/c1-19-15-9-12(16)11(8-13(15)17)14(18)7-10-5-3-2-4-6-10/h8-10,14H,2-7,18H2,1H3. The molecule has 1 atom stereocenters. The van der Waals surface area contributed by atoms with Crippen LogP contribution < -0.4 is 10.5 Å². The minimum Gasteiger partial charge on any atom is -0.495 e. The number of benzene rings is 1. The number of rotatable bonds is 4. The molecule has 0 saturated heterocycles. The maximum absolute atomic E-state index is 6.30. The van der Waals surface area contributed by atoms with Crippen molar-refractivity contribution in [1.82, 2.24) is 0 Å². The predicted octanol–water partition coefficient (Wildman–Crippen LogP) is 4.97.